The minimum Gasteiger partial charge on any atom is -0.330 e. The van der Waals surface area contributed by atoms with Crippen LogP contribution in [0.25, 0.3) is 0 Å². The van der Waals surface area contributed by atoms with E-state index in [1.165, 1.54) is 44.4 Å². The average Bonchev–Trinajstić information content (AvgIpc) is 2.84. The van der Waals surface area contributed by atoms with E-state index in [2.05, 4.69) is 24.0 Å². The fourth-order valence-corrected chi connectivity index (χ4v) is 4.17. The molecule has 3 unspecified atom stereocenters. The highest BCUT2D eigenvalue weighted by atomic mass is 32.2. The van der Waals surface area contributed by atoms with Crippen molar-refractivity contribution >= 4 is 11.8 Å². The largest absolute Gasteiger partial charge is 0.330 e. The Hall–Kier alpha value is 0.270. The summed E-state index contributed by atoms with van der Waals surface area (Å²) in [5.41, 5.74) is 5.80. The van der Waals surface area contributed by atoms with Gasteiger partial charge in [-0.2, -0.15) is 11.8 Å². The molecule has 88 valence electrons. The van der Waals surface area contributed by atoms with E-state index in [1.54, 1.807) is 0 Å². The van der Waals surface area contributed by atoms with Crippen molar-refractivity contribution < 1.29 is 0 Å². The van der Waals surface area contributed by atoms with Crippen LogP contribution in [-0.2, 0) is 0 Å². The van der Waals surface area contributed by atoms with Gasteiger partial charge >= 0.3 is 0 Å². The van der Waals surface area contributed by atoms with Crippen LogP contribution in [0.15, 0.2) is 0 Å². The minimum atomic E-state index is 0.502. The van der Waals surface area contributed by atoms with Crippen LogP contribution in [-0.4, -0.2) is 29.6 Å². The number of hydrogen-bond donors (Lipinski definition) is 2. The molecule has 0 radical (unpaired) electrons. The van der Waals surface area contributed by atoms with E-state index in [0.717, 1.165) is 12.5 Å². The second kappa shape index (κ2) is 5.07. The Kier molecular flexibility index (Phi) is 3.97. The minimum absolute atomic E-state index is 0.502. The molecular weight excluding hydrogens is 204 g/mol. The van der Waals surface area contributed by atoms with Crippen LogP contribution in [0, 0.1) is 5.92 Å². The normalized spacial score (nSPS) is 41.2. The van der Waals surface area contributed by atoms with Crippen molar-refractivity contribution in [2.75, 3.05) is 18.8 Å². The molecule has 2 fully saturated rings. The predicted molar refractivity (Wildman–Crippen MR) is 68.3 cm³/mol. The summed E-state index contributed by atoms with van der Waals surface area (Å²) in [6.45, 7) is 4.45. The second-order valence-electron chi connectivity index (χ2n) is 5.32. The fourth-order valence-electron chi connectivity index (χ4n) is 2.91. The first-order valence-electron chi connectivity index (χ1n) is 6.31. The van der Waals surface area contributed by atoms with Crippen LogP contribution in [0.3, 0.4) is 0 Å². The Labute approximate surface area is 97.8 Å². The highest BCUT2D eigenvalue weighted by Gasteiger charge is 2.32. The monoisotopic (exact) mass is 228 g/mol. The number of nitrogens with two attached hydrogens (primary N) is 1. The maximum atomic E-state index is 5.80. The van der Waals surface area contributed by atoms with Gasteiger partial charge in [0.15, 0.2) is 0 Å². The molecular formula is C12H24N2S. The third kappa shape index (κ3) is 2.89. The smallest absolute Gasteiger partial charge is 0.0256 e. The molecule has 0 aromatic carbocycles. The Bertz CT molecular complexity index is 202. The van der Waals surface area contributed by atoms with Gasteiger partial charge in [-0.05, 0) is 50.8 Å². The summed E-state index contributed by atoms with van der Waals surface area (Å²) in [4.78, 5) is 0. The summed E-state index contributed by atoms with van der Waals surface area (Å²) in [7, 11) is 0. The fraction of sp³-hybridized carbons (Fsp3) is 1.00. The molecule has 2 aliphatic rings. The molecule has 0 amide bonds. The summed E-state index contributed by atoms with van der Waals surface area (Å²) in [6.07, 6.45) is 6.81. The van der Waals surface area contributed by atoms with Crippen molar-refractivity contribution in [3.63, 3.8) is 0 Å². The molecule has 3 N–H and O–H groups in total. The molecule has 1 aliphatic heterocycles. The first kappa shape index (κ1) is 11.7. The third-order valence-electron chi connectivity index (χ3n) is 4.00. The summed E-state index contributed by atoms with van der Waals surface area (Å²) < 4.78 is 0.502. The number of rotatable bonds is 4. The SMILES string of the molecule is CC1(CNC2CCCC2CN)CCCS1. The molecule has 1 heterocycles. The Morgan fingerprint density at radius 1 is 1.40 bits per heavy atom. The lowest BCUT2D eigenvalue weighted by atomic mass is 10.0. The van der Waals surface area contributed by atoms with Gasteiger partial charge in [0.1, 0.15) is 0 Å². The molecule has 0 aromatic rings. The third-order valence-corrected chi connectivity index (χ3v) is 5.54. The Morgan fingerprint density at radius 3 is 2.93 bits per heavy atom. The van der Waals surface area contributed by atoms with E-state index in [9.17, 15) is 0 Å². The predicted octanol–water partition coefficient (Wildman–Crippen LogP) is 1.99. The molecule has 0 bridgehead atoms. The topological polar surface area (TPSA) is 38.0 Å². The van der Waals surface area contributed by atoms with Gasteiger partial charge in [0.2, 0.25) is 0 Å². The Morgan fingerprint density at radius 2 is 2.27 bits per heavy atom. The standard InChI is InChI=1S/C12H24N2S/c1-12(6-3-7-15-12)9-14-11-5-2-4-10(11)8-13/h10-11,14H,2-9,13H2,1H3. The van der Waals surface area contributed by atoms with Crippen molar-refractivity contribution in [1.29, 1.82) is 0 Å². The van der Waals surface area contributed by atoms with E-state index < -0.39 is 0 Å². The van der Waals surface area contributed by atoms with Crippen molar-refractivity contribution in [3.05, 3.63) is 0 Å². The van der Waals surface area contributed by atoms with E-state index in [4.69, 9.17) is 5.73 Å². The van der Waals surface area contributed by atoms with Gasteiger partial charge in [-0.25, -0.2) is 0 Å². The molecule has 1 saturated heterocycles. The first-order valence-corrected chi connectivity index (χ1v) is 7.29. The molecule has 3 atom stereocenters. The Balaban J connectivity index is 1.77. The van der Waals surface area contributed by atoms with Crippen molar-refractivity contribution in [2.45, 2.75) is 49.8 Å². The van der Waals surface area contributed by atoms with Crippen molar-refractivity contribution in [3.8, 4) is 0 Å². The number of hydrogen-bond acceptors (Lipinski definition) is 3. The van der Waals surface area contributed by atoms with Gasteiger partial charge in [0.05, 0.1) is 0 Å². The maximum Gasteiger partial charge on any atom is 0.0256 e. The van der Waals surface area contributed by atoms with Gasteiger partial charge in [-0.15, -0.1) is 0 Å². The zero-order chi connectivity index (χ0) is 10.7. The number of thioether (sulfide) groups is 1. The van der Waals surface area contributed by atoms with Crippen molar-refractivity contribution in [2.24, 2.45) is 11.7 Å². The lowest BCUT2D eigenvalue weighted by molar-refractivity contribution is 0.386. The van der Waals surface area contributed by atoms with Gasteiger partial charge in [-0.1, -0.05) is 6.42 Å². The first-order chi connectivity index (χ1) is 7.23. The second-order valence-corrected chi connectivity index (χ2v) is 7.00. The van der Waals surface area contributed by atoms with Crippen LogP contribution in [0.2, 0.25) is 0 Å². The van der Waals surface area contributed by atoms with Gasteiger partial charge in [0.25, 0.3) is 0 Å². The summed E-state index contributed by atoms with van der Waals surface area (Å²) >= 11 is 2.14. The van der Waals surface area contributed by atoms with E-state index in [-0.39, 0.29) is 0 Å². The summed E-state index contributed by atoms with van der Waals surface area (Å²) in [5, 5.41) is 3.76. The zero-order valence-electron chi connectivity index (χ0n) is 9.80. The van der Waals surface area contributed by atoms with E-state index >= 15 is 0 Å². The van der Waals surface area contributed by atoms with Crippen LogP contribution in [0.5, 0.6) is 0 Å². The van der Waals surface area contributed by atoms with Crippen LogP contribution >= 0.6 is 11.8 Å². The molecule has 0 aromatic heterocycles. The van der Waals surface area contributed by atoms with Crippen molar-refractivity contribution in [1.82, 2.24) is 5.32 Å². The average molecular weight is 228 g/mol. The molecule has 1 saturated carbocycles. The lowest BCUT2D eigenvalue weighted by Crippen LogP contribution is -2.42. The summed E-state index contributed by atoms with van der Waals surface area (Å²) in [5.74, 6) is 2.09. The van der Waals surface area contributed by atoms with Crippen LogP contribution in [0.1, 0.15) is 39.0 Å². The van der Waals surface area contributed by atoms with Crippen LogP contribution < -0.4 is 11.1 Å². The molecule has 1 aliphatic carbocycles. The molecule has 2 nitrogen and oxygen atoms in total. The molecule has 3 heteroatoms. The van der Waals surface area contributed by atoms with Gasteiger partial charge in [-0.3, -0.25) is 0 Å². The van der Waals surface area contributed by atoms with Gasteiger partial charge < -0.3 is 11.1 Å². The van der Waals surface area contributed by atoms with Crippen LogP contribution in [0.4, 0.5) is 0 Å². The maximum absolute atomic E-state index is 5.80. The summed E-state index contributed by atoms with van der Waals surface area (Å²) in [6, 6.07) is 0.702. The van der Waals surface area contributed by atoms with Gasteiger partial charge in [0, 0.05) is 17.3 Å². The quantitative estimate of drug-likeness (QED) is 0.773. The van der Waals surface area contributed by atoms with E-state index in [0.29, 0.717) is 10.8 Å². The molecule has 15 heavy (non-hydrogen) atoms. The number of nitrogens with one attached hydrogen (secondary N) is 1. The highest BCUT2D eigenvalue weighted by molar-refractivity contribution is 8.00. The zero-order valence-corrected chi connectivity index (χ0v) is 10.6. The molecule has 0 spiro atoms. The van der Waals surface area contributed by atoms with E-state index in [1.807, 2.05) is 0 Å². The molecule has 2 rings (SSSR count). The highest BCUT2D eigenvalue weighted by Crippen LogP contribution is 2.37. The lowest BCUT2D eigenvalue weighted by Gasteiger charge is -2.27.